The second kappa shape index (κ2) is 4.34. The normalized spacial score (nSPS) is 20.4. The number of hydrogen-bond acceptors (Lipinski definition) is 1. The first-order chi connectivity index (χ1) is 7.20. The van der Waals surface area contributed by atoms with E-state index in [1.165, 1.54) is 42.5 Å². The molecule has 1 unspecified atom stereocenters. The van der Waals surface area contributed by atoms with Gasteiger partial charge in [0.2, 0.25) is 0 Å². The molecule has 0 aromatic carbocycles. The molecule has 0 saturated heterocycles. The number of hydrogen-bond donors (Lipinski definition) is 0. The summed E-state index contributed by atoms with van der Waals surface area (Å²) in [5, 5.41) is 0. The number of aryl methyl sites for hydroxylation is 1. The molecule has 0 spiro atoms. The molecular weight excluding hydrogens is 182 g/mol. The quantitative estimate of drug-likeness (QED) is 0.714. The van der Waals surface area contributed by atoms with Gasteiger partial charge in [0.05, 0.1) is 0 Å². The summed E-state index contributed by atoms with van der Waals surface area (Å²) in [7, 11) is 0. The third kappa shape index (κ3) is 2.22. The topological polar surface area (TPSA) is 12.9 Å². The van der Waals surface area contributed by atoms with Gasteiger partial charge >= 0.3 is 0 Å². The van der Waals surface area contributed by atoms with E-state index in [0.29, 0.717) is 5.92 Å². The summed E-state index contributed by atoms with van der Waals surface area (Å²) < 4.78 is 0. The van der Waals surface area contributed by atoms with Crippen LogP contribution < -0.4 is 0 Å². The lowest BCUT2D eigenvalue weighted by atomic mass is 9.84. The van der Waals surface area contributed by atoms with Crippen LogP contribution in [0.4, 0.5) is 0 Å². The van der Waals surface area contributed by atoms with Gasteiger partial charge in [-0.25, -0.2) is 0 Å². The molecule has 1 aromatic rings. The molecule has 0 fully saturated rings. The van der Waals surface area contributed by atoms with E-state index in [1.807, 2.05) is 0 Å². The van der Waals surface area contributed by atoms with Gasteiger partial charge in [-0.05, 0) is 42.2 Å². The minimum Gasteiger partial charge on any atom is -0.261 e. The molecule has 0 radical (unpaired) electrons. The van der Waals surface area contributed by atoms with Crippen LogP contribution in [0.15, 0.2) is 12.3 Å². The van der Waals surface area contributed by atoms with Crippen LogP contribution in [0.3, 0.4) is 0 Å². The van der Waals surface area contributed by atoms with E-state index in [9.17, 15) is 0 Å². The van der Waals surface area contributed by atoms with Crippen LogP contribution in [-0.2, 0) is 12.8 Å². The monoisotopic (exact) mass is 203 g/mol. The highest BCUT2D eigenvalue weighted by Crippen LogP contribution is 2.28. The summed E-state index contributed by atoms with van der Waals surface area (Å²) in [4.78, 5) is 4.61. The maximum atomic E-state index is 4.61. The Morgan fingerprint density at radius 2 is 2.27 bits per heavy atom. The van der Waals surface area contributed by atoms with Crippen molar-refractivity contribution in [3.8, 4) is 0 Å². The minimum atomic E-state index is 0.602. The molecule has 1 aromatic heterocycles. The third-order valence-electron chi connectivity index (χ3n) is 3.62. The van der Waals surface area contributed by atoms with Gasteiger partial charge in [0, 0.05) is 11.9 Å². The standard InChI is InChI=1S/C14H21N/c1-4-11-5-6-14-12(7-11)8-13(9-15-14)10(2)3/h8-11H,4-7H2,1-3H3. The Morgan fingerprint density at radius 1 is 1.47 bits per heavy atom. The minimum absolute atomic E-state index is 0.602. The van der Waals surface area contributed by atoms with Crippen LogP contribution in [0.2, 0.25) is 0 Å². The van der Waals surface area contributed by atoms with Crippen molar-refractivity contribution in [3.05, 3.63) is 29.1 Å². The average molecular weight is 203 g/mol. The molecule has 0 bridgehead atoms. The summed E-state index contributed by atoms with van der Waals surface area (Å²) in [6.45, 7) is 6.78. The maximum absolute atomic E-state index is 4.61. The number of rotatable bonds is 2. The predicted octanol–water partition coefficient (Wildman–Crippen LogP) is 3.72. The Kier molecular flexibility index (Phi) is 3.08. The zero-order chi connectivity index (χ0) is 10.8. The molecule has 1 aliphatic rings. The Bertz CT molecular complexity index is 341. The molecule has 0 saturated carbocycles. The van der Waals surface area contributed by atoms with E-state index in [1.54, 1.807) is 0 Å². The molecule has 1 atom stereocenters. The van der Waals surface area contributed by atoms with E-state index < -0.39 is 0 Å². The zero-order valence-corrected chi connectivity index (χ0v) is 10.1. The smallest absolute Gasteiger partial charge is 0.0435 e. The van der Waals surface area contributed by atoms with Gasteiger partial charge in [-0.2, -0.15) is 0 Å². The molecule has 1 heterocycles. The molecule has 15 heavy (non-hydrogen) atoms. The van der Waals surface area contributed by atoms with Crippen LogP contribution in [0.5, 0.6) is 0 Å². The van der Waals surface area contributed by atoms with Crippen molar-refractivity contribution in [1.29, 1.82) is 0 Å². The number of aromatic nitrogens is 1. The van der Waals surface area contributed by atoms with Crippen LogP contribution >= 0.6 is 0 Å². The Balaban J connectivity index is 2.26. The zero-order valence-electron chi connectivity index (χ0n) is 10.1. The molecular formula is C14H21N. The molecule has 2 rings (SSSR count). The van der Waals surface area contributed by atoms with Gasteiger partial charge in [-0.15, -0.1) is 0 Å². The van der Waals surface area contributed by atoms with E-state index in [4.69, 9.17) is 0 Å². The lowest BCUT2D eigenvalue weighted by molar-refractivity contribution is 0.439. The van der Waals surface area contributed by atoms with Crippen molar-refractivity contribution in [2.24, 2.45) is 5.92 Å². The summed E-state index contributed by atoms with van der Waals surface area (Å²) in [5.74, 6) is 1.49. The Morgan fingerprint density at radius 3 is 2.93 bits per heavy atom. The van der Waals surface area contributed by atoms with E-state index in [2.05, 4.69) is 38.0 Å². The van der Waals surface area contributed by atoms with Crippen LogP contribution in [-0.4, -0.2) is 4.98 Å². The fourth-order valence-corrected chi connectivity index (χ4v) is 2.38. The molecule has 1 nitrogen and oxygen atoms in total. The van der Waals surface area contributed by atoms with E-state index >= 15 is 0 Å². The number of pyridine rings is 1. The first-order valence-corrected chi connectivity index (χ1v) is 6.18. The van der Waals surface area contributed by atoms with Crippen LogP contribution in [0.25, 0.3) is 0 Å². The lowest BCUT2D eigenvalue weighted by Crippen LogP contribution is -2.15. The third-order valence-corrected chi connectivity index (χ3v) is 3.62. The van der Waals surface area contributed by atoms with Crippen molar-refractivity contribution in [2.75, 3.05) is 0 Å². The second-order valence-electron chi connectivity index (χ2n) is 5.05. The molecule has 82 valence electrons. The number of fused-ring (bicyclic) bond motifs is 1. The predicted molar refractivity (Wildman–Crippen MR) is 64.1 cm³/mol. The van der Waals surface area contributed by atoms with Gasteiger partial charge in [-0.1, -0.05) is 33.3 Å². The van der Waals surface area contributed by atoms with Gasteiger partial charge in [0.15, 0.2) is 0 Å². The van der Waals surface area contributed by atoms with Gasteiger partial charge < -0.3 is 0 Å². The highest BCUT2D eigenvalue weighted by Gasteiger charge is 2.18. The summed E-state index contributed by atoms with van der Waals surface area (Å²) >= 11 is 0. The van der Waals surface area contributed by atoms with Crippen molar-refractivity contribution in [1.82, 2.24) is 4.98 Å². The maximum Gasteiger partial charge on any atom is 0.0435 e. The lowest BCUT2D eigenvalue weighted by Gasteiger charge is -2.23. The molecule has 1 heteroatoms. The highest BCUT2D eigenvalue weighted by molar-refractivity contribution is 5.29. The van der Waals surface area contributed by atoms with E-state index in [0.717, 1.165) is 5.92 Å². The van der Waals surface area contributed by atoms with Crippen molar-refractivity contribution in [3.63, 3.8) is 0 Å². The average Bonchev–Trinajstić information content (AvgIpc) is 2.27. The fourth-order valence-electron chi connectivity index (χ4n) is 2.38. The SMILES string of the molecule is CCC1CCc2ncc(C(C)C)cc2C1. The summed E-state index contributed by atoms with van der Waals surface area (Å²) in [5.41, 5.74) is 4.26. The van der Waals surface area contributed by atoms with Gasteiger partial charge in [0.25, 0.3) is 0 Å². The fraction of sp³-hybridized carbons (Fsp3) is 0.643. The molecule has 0 N–H and O–H groups in total. The molecule has 0 amide bonds. The Labute approximate surface area is 92.9 Å². The van der Waals surface area contributed by atoms with Crippen molar-refractivity contribution < 1.29 is 0 Å². The van der Waals surface area contributed by atoms with Crippen molar-refractivity contribution in [2.45, 2.75) is 52.4 Å². The highest BCUT2D eigenvalue weighted by atomic mass is 14.7. The number of nitrogens with zero attached hydrogens (tertiary/aromatic N) is 1. The van der Waals surface area contributed by atoms with E-state index in [-0.39, 0.29) is 0 Å². The van der Waals surface area contributed by atoms with Crippen LogP contribution in [0, 0.1) is 5.92 Å². The van der Waals surface area contributed by atoms with Crippen LogP contribution in [0.1, 0.15) is 56.4 Å². The summed E-state index contributed by atoms with van der Waals surface area (Å²) in [6, 6.07) is 2.38. The largest absolute Gasteiger partial charge is 0.261 e. The van der Waals surface area contributed by atoms with Crippen molar-refractivity contribution >= 4 is 0 Å². The van der Waals surface area contributed by atoms with Gasteiger partial charge in [0.1, 0.15) is 0 Å². The summed E-state index contributed by atoms with van der Waals surface area (Å²) in [6.07, 6.45) is 7.14. The Hall–Kier alpha value is -0.850. The first-order valence-electron chi connectivity index (χ1n) is 6.18. The first kappa shape index (κ1) is 10.7. The molecule has 1 aliphatic carbocycles. The van der Waals surface area contributed by atoms with Gasteiger partial charge in [-0.3, -0.25) is 4.98 Å². The second-order valence-corrected chi connectivity index (χ2v) is 5.05. The molecule has 0 aliphatic heterocycles.